The third kappa shape index (κ3) is 2.67. The fourth-order valence-corrected chi connectivity index (χ4v) is 3.01. The van der Waals surface area contributed by atoms with E-state index in [4.69, 9.17) is 5.26 Å². The van der Waals surface area contributed by atoms with Gasteiger partial charge in [-0.1, -0.05) is 0 Å². The minimum atomic E-state index is -0.137. The van der Waals surface area contributed by atoms with Crippen LogP contribution in [0.1, 0.15) is 12.6 Å². The van der Waals surface area contributed by atoms with E-state index in [1.54, 1.807) is 19.2 Å². The summed E-state index contributed by atoms with van der Waals surface area (Å²) in [5.41, 5.74) is 2.13. The van der Waals surface area contributed by atoms with Crippen molar-refractivity contribution in [2.75, 3.05) is 24.6 Å². The van der Waals surface area contributed by atoms with Crippen molar-refractivity contribution in [1.29, 1.82) is 5.26 Å². The van der Waals surface area contributed by atoms with Crippen LogP contribution in [0.15, 0.2) is 23.0 Å². The number of aliphatic hydroxyl groups is 1. The van der Waals surface area contributed by atoms with E-state index in [2.05, 4.69) is 17.2 Å². The summed E-state index contributed by atoms with van der Waals surface area (Å²) in [4.78, 5) is 18.7. The van der Waals surface area contributed by atoms with Crippen LogP contribution < -0.4 is 15.8 Å². The highest BCUT2D eigenvalue weighted by molar-refractivity contribution is 5.89. The van der Waals surface area contributed by atoms with Crippen LogP contribution in [0.2, 0.25) is 0 Å². The fraction of sp³-hybridized carbons (Fsp3) is 0.438. The van der Waals surface area contributed by atoms with Gasteiger partial charge in [-0.15, -0.1) is 0 Å². The number of aromatic nitrogens is 2. The molecule has 120 valence electrons. The lowest BCUT2D eigenvalue weighted by atomic mass is 10.1. The molecule has 1 fully saturated rings. The maximum absolute atomic E-state index is 12.3. The summed E-state index contributed by atoms with van der Waals surface area (Å²) in [6.07, 6.45) is 0. The van der Waals surface area contributed by atoms with Gasteiger partial charge < -0.3 is 19.9 Å². The largest absolute Gasteiger partial charge is 0.394 e. The van der Waals surface area contributed by atoms with Gasteiger partial charge in [-0.2, -0.15) is 5.26 Å². The minimum Gasteiger partial charge on any atom is -0.394 e. The molecule has 2 atom stereocenters. The Morgan fingerprint density at radius 1 is 1.52 bits per heavy atom. The van der Waals surface area contributed by atoms with Crippen LogP contribution in [0.3, 0.4) is 0 Å². The monoisotopic (exact) mass is 313 g/mol. The van der Waals surface area contributed by atoms with Gasteiger partial charge in [-0.3, -0.25) is 4.79 Å². The Labute approximate surface area is 133 Å². The van der Waals surface area contributed by atoms with Crippen molar-refractivity contribution in [2.45, 2.75) is 19.0 Å². The molecule has 0 spiro atoms. The number of pyridine rings is 2. The summed E-state index contributed by atoms with van der Waals surface area (Å²) < 4.78 is 1.52. The Kier molecular flexibility index (Phi) is 4.03. The molecule has 7 nitrogen and oxygen atoms in total. The maximum Gasteiger partial charge on any atom is 0.252 e. The van der Waals surface area contributed by atoms with Gasteiger partial charge in [0.25, 0.3) is 5.56 Å². The fourth-order valence-electron chi connectivity index (χ4n) is 3.01. The van der Waals surface area contributed by atoms with E-state index in [-0.39, 0.29) is 24.2 Å². The van der Waals surface area contributed by atoms with Gasteiger partial charge in [-0.25, -0.2) is 4.98 Å². The highest BCUT2D eigenvalue weighted by Gasteiger charge is 2.27. The molecule has 0 unspecified atom stereocenters. The van der Waals surface area contributed by atoms with Gasteiger partial charge in [0.15, 0.2) is 0 Å². The van der Waals surface area contributed by atoms with E-state index in [0.717, 1.165) is 0 Å². The molecule has 0 bridgehead atoms. The van der Waals surface area contributed by atoms with Crippen molar-refractivity contribution in [3.8, 4) is 6.07 Å². The SMILES string of the molecule is C[C@@H]1CN(c2cc(=O)n(C)c3ccc(C#N)nc23)[C@@H](CO)CN1. The molecule has 3 rings (SSSR count). The summed E-state index contributed by atoms with van der Waals surface area (Å²) in [5, 5.41) is 22.1. The van der Waals surface area contributed by atoms with Crippen molar-refractivity contribution in [1.82, 2.24) is 14.9 Å². The van der Waals surface area contributed by atoms with Gasteiger partial charge >= 0.3 is 0 Å². The first-order chi connectivity index (χ1) is 11.0. The van der Waals surface area contributed by atoms with E-state index in [0.29, 0.717) is 35.5 Å². The molecule has 1 saturated heterocycles. The molecule has 7 heteroatoms. The molecular weight excluding hydrogens is 294 g/mol. The average Bonchev–Trinajstić information content (AvgIpc) is 2.57. The van der Waals surface area contributed by atoms with Gasteiger partial charge in [0, 0.05) is 32.2 Å². The molecular formula is C16H19N5O2. The highest BCUT2D eigenvalue weighted by Crippen LogP contribution is 2.26. The first-order valence-corrected chi connectivity index (χ1v) is 7.57. The third-order valence-electron chi connectivity index (χ3n) is 4.32. The van der Waals surface area contributed by atoms with Crippen LogP contribution >= 0.6 is 0 Å². The number of hydrogen-bond acceptors (Lipinski definition) is 6. The Morgan fingerprint density at radius 3 is 3.00 bits per heavy atom. The number of aliphatic hydroxyl groups excluding tert-OH is 1. The zero-order valence-electron chi connectivity index (χ0n) is 13.2. The number of nitriles is 1. The van der Waals surface area contributed by atoms with Crippen LogP contribution in [-0.2, 0) is 7.05 Å². The standard InChI is InChI=1S/C16H19N5O2/c1-10-8-21(12(9-22)7-18-10)14-5-15(23)20(2)13-4-3-11(6-17)19-16(13)14/h3-5,10,12,18,22H,7-9H2,1-2H3/t10-,12-/m1/s1. The molecule has 23 heavy (non-hydrogen) atoms. The summed E-state index contributed by atoms with van der Waals surface area (Å²) >= 11 is 0. The minimum absolute atomic E-state index is 0.0195. The number of anilines is 1. The average molecular weight is 313 g/mol. The van der Waals surface area contributed by atoms with E-state index >= 15 is 0 Å². The molecule has 0 aromatic carbocycles. The van der Waals surface area contributed by atoms with E-state index < -0.39 is 0 Å². The maximum atomic E-state index is 12.3. The summed E-state index contributed by atoms with van der Waals surface area (Å²) in [5.74, 6) is 0. The highest BCUT2D eigenvalue weighted by atomic mass is 16.3. The van der Waals surface area contributed by atoms with Crippen LogP contribution in [0, 0.1) is 11.3 Å². The van der Waals surface area contributed by atoms with Crippen molar-refractivity contribution < 1.29 is 5.11 Å². The second-order valence-corrected chi connectivity index (χ2v) is 5.90. The number of nitrogens with zero attached hydrogens (tertiary/aromatic N) is 4. The second-order valence-electron chi connectivity index (χ2n) is 5.90. The van der Waals surface area contributed by atoms with Crippen molar-refractivity contribution in [2.24, 2.45) is 7.05 Å². The number of hydrogen-bond donors (Lipinski definition) is 2. The van der Waals surface area contributed by atoms with E-state index in [9.17, 15) is 9.90 Å². The summed E-state index contributed by atoms with van der Waals surface area (Å²) in [6, 6.07) is 7.03. The lowest BCUT2D eigenvalue weighted by Crippen LogP contribution is -2.57. The first-order valence-electron chi connectivity index (χ1n) is 7.57. The zero-order chi connectivity index (χ0) is 16.6. The van der Waals surface area contributed by atoms with Crippen molar-refractivity contribution in [3.63, 3.8) is 0 Å². The molecule has 2 N–H and O–H groups in total. The Bertz CT molecular complexity index is 839. The van der Waals surface area contributed by atoms with Crippen LogP contribution in [0.25, 0.3) is 11.0 Å². The molecule has 2 aromatic heterocycles. The van der Waals surface area contributed by atoms with E-state index in [1.807, 2.05) is 11.0 Å². The third-order valence-corrected chi connectivity index (χ3v) is 4.32. The van der Waals surface area contributed by atoms with Crippen molar-refractivity contribution >= 4 is 16.7 Å². The Morgan fingerprint density at radius 2 is 2.30 bits per heavy atom. The van der Waals surface area contributed by atoms with Crippen molar-refractivity contribution in [3.05, 3.63) is 34.2 Å². The predicted octanol–water partition coefficient (Wildman–Crippen LogP) is -0.0358. The molecule has 2 aromatic rings. The molecule has 0 saturated carbocycles. The van der Waals surface area contributed by atoms with Gasteiger partial charge in [0.05, 0.1) is 23.9 Å². The second kappa shape index (κ2) is 5.99. The molecule has 0 radical (unpaired) electrons. The van der Waals surface area contributed by atoms with Crippen LogP contribution in [-0.4, -0.2) is 46.4 Å². The van der Waals surface area contributed by atoms with Gasteiger partial charge in [0.1, 0.15) is 17.3 Å². The lowest BCUT2D eigenvalue weighted by molar-refractivity contribution is 0.237. The smallest absolute Gasteiger partial charge is 0.252 e. The number of piperazine rings is 1. The number of nitrogens with one attached hydrogen (secondary N) is 1. The Balaban J connectivity index is 2.25. The summed E-state index contributed by atoms with van der Waals surface area (Å²) in [7, 11) is 1.69. The van der Waals surface area contributed by atoms with Crippen LogP contribution in [0.4, 0.5) is 5.69 Å². The predicted molar refractivity (Wildman–Crippen MR) is 87.4 cm³/mol. The van der Waals surface area contributed by atoms with Crippen LogP contribution in [0.5, 0.6) is 0 Å². The normalized spacial score (nSPS) is 21.4. The first kappa shape index (κ1) is 15.5. The number of rotatable bonds is 2. The van der Waals surface area contributed by atoms with Gasteiger partial charge in [0.2, 0.25) is 0 Å². The molecule has 0 amide bonds. The molecule has 1 aliphatic rings. The molecule has 0 aliphatic carbocycles. The zero-order valence-corrected chi connectivity index (χ0v) is 13.2. The number of aryl methyl sites for hydroxylation is 1. The molecule has 1 aliphatic heterocycles. The summed E-state index contributed by atoms with van der Waals surface area (Å²) in [6.45, 7) is 3.32. The topological polar surface area (TPSA) is 94.2 Å². The Hall–Kier alpha value is -2.43. The van der Waals surface area contributed by atoms with Gasteiger partial charge in [-0.05, 0) is 19.1 Å². The molecule has 3 heterocycles. The lowest BCUT2D eigenvalue weighted by Gasteiger charge is -2.40. The van der Waals surface area contributed by atoms with E-state index in [1.165, 1.54) is 10.6 Å². The quantitative estimate of drug-likeness (QED) is 0.808. The number of fused-ring (bicyclic) bond motifs is 1.